The van der Waals surface area contributed by atoms with E-state index in [1.807, 2.05) is 0 Å². The van der Waals surface area contributed by atoms with Gasteiger partial charge in [0.25, 0.3) is 0 Å². The van der Waals surface area contributed by atoms with Crippen molar-refractivity contribution < 1.29 is 14.3 Å². The van der Waals surface area contributed by atoms with Crippen molar-refractivity contribution in [2.75, 3.05) is 5.75 Å². The Morgan fingerprint density at radius 1 is 1.50 bits per heavy atom. The van der Waals surface area contributed by atoms with Gasteiger partial charge in [-0.2, -0.15) is 0 Å². The van der Waals surface area contributed by atoms with Crippen LogP contribution in [0.5, 0.6) is 5.75 Å². The summed E-state index contributed by atoms with van der Waals surface area (Å²) < 4.78 is 5.74. The number of ether oxygens (including phenoxy) is 1. The van der Waals surface area contributed by atoms with Gasteiger partial charge in [0, 0.05) is 6.92 Å². The molecule has 1 aliphatic heterocycles. The molecule has 0 aromatic heterocycles. The maximum absolute atomic E-state index is 11.9. The number of carbonyl (C=O) groups is 2. The van der Waals surface area contributed by atoms with Gasteiger partial charge in [0.1, 0.15) is 15.8 Å². The first-order chi connectivity index (χ1) is 10.5. The van der Waals surface area contributed by atoms with Crippen LogP contribution in [-0.2, 0) is 9.59 Å². The number of hydrogen-bond acceptors (Lipinski definition) is 6. The Balaban J connectivity index is 2.18. The van der Waals surface area contributed by atoms with Crippen molar-refractivity contribution in [3.8, 4) is 5.75 Å². The Labute approximate surface area is 142 Å². The minimum Gasteiger partial charge on any atom is -0.425 e. The van der Waals surface area contributed by atoms with Crippen LogP contribution in [0.25, 0.3) is 6.08 Å². The van der Waals surface area contributed by atoms with E-state index in [1.165, 1.54) is 6.92 Å². The fraction of sp³-hybridized carbons (Fsp3) is 0.267. The zero-order chi connectivity index (χ0) is 16.1. The molecule has 0 fully saturated rings. The van der Waals surface area contributed by atoms with Crippen molar-refractivity contribution in [1.82, 2.24) is 0 Å². The van der Waals surface area contributed by atoms with E-state index in [4.69, 9.17) is 16.3 Å². The van der Waals surface area contributed by atoms with Crippen LogP contribution in [0.2, 0.25) is 5.02 Å². The minimum absolute atomic E-state index is 0.0706. The summed E-state index contributed by atoms with van der Waals surface area (Å²) in [5, 5.41) is 0.242. The first-order valence-corrected chi connectivity index (χ1v) is 8.81. The largest absolute Gasteiger partial charge is 0.425 e. The van der Waals surface area contributed by atoms with E-state index in [1.54, 1.807) is 36.0 Å². The summed E-state index contributed by atoms with van der Waals surface area (Å²) in [7, 11) is 0. The fourth-order valence-corrected chi connectivity index (χ4v) is 3.64. The second-order valence-electron chi connectivity index (χ2n) is 4.43. The van der Waals surface area contributed by atoms with Crippen LogP contribution in [-0.4, -0.2) is 21.2 Å². The van der Waals surface area contributed by atoms with Crippen LogP contribution >= 0.6 is 35.1 Å². The minimum atomic E-state index is -0.433. The molecule has 1 aromatic rings. The summed E-state index contributed by atoms with van der Waals surface area (Å²) in [4.78, 5) is 27.2. The standard InChI is InChI=1S/C15H14ClNO3S2/c1-3-6-21-15-17-12(14(19)22-15)8-10-4-5-13(11(16)7-10)20-9(2)18/h4-5,7-8H,3,6H2,1-2H3/b12-8+. The van der Waals surface area contributed by atoms with Crippen molar-refractivity contribution >= 4 is 56.7 Å². The lowest BCUT2D eigenvalue weighted by atomic mass is 10.2. The molecule has 0 amide bonds. The van der Waals surface area contributed by atoms with E-state index in [-0.39, 0.29) is 5.12 Å². The molecule has 116 valence electrons. The summed E-state index contributed by atoms with van der Waals surface area (Å²) >= 11 is 8.79. The summed E-state index contributed by atoms with van der Waals surface area (Å²) in [5.41, 5.74) is 1.13. The highest BCUT2D eigenvalue weighted by molar-refractivity contribution is 8.45. The third-order valence-electron chi connectivity index (χ3n) is 2.54. The summed E-state index contributed by atoms with van der Waals surface area (Å²) in [6.45, 7) is 3.39. The molecule has 0 aliphatic carbocycles. The number of nitrogens with zero attached hydrogens (tertiary/aromatic N) is 1. The maximum Gasteiger partial charge on any atom is 0.308 e. The molecule has 1 aromatic carbocycles. The topological polar surface area (TPSA) is 55.7 Å². The van der Waals surface area contributed by atoms with Crippen molar-refractivity contribution in [3.63, 3.8) is 0 Å². The van der Waals surface area contributed by atoms with Gasteiger partial charge < -0.3 is 4.74 Å². The molecule has 0 unspecified atom stereocenters. The average molecular weight is 356 g/mol. The maximum atomic E-state index is 11.9. The Morgan fingerprint density at radius 2 is 2.27 bits per heavy atom. The molecule has 0 radical (unpaired) electrons. The predicted molar refractivity (Wildman–Crippen MR) is 93.5 cm³/mol. The number of aliphatic imine (C=N–C) groups is 1. The van der Waals surface area contributed by atoms with Crippen LogP contribution < -0.4 is 4.74 Å². The first-order valence-electron chi connectivity index (χ1n) is 6.63. The van der Waals surface area contributed by atoms with Gasteiger partial charge in [-0.25, -0.2) is 4.99 Å². The van der Waals surface area contributed by atoms with Gasteiger partial charge in [0.2, 0.25) is 5.12 Å². The second-order valence-corrected chi connectivity index (χ2v) is 7.14. The van der Waals surface area contributed by atoms with Gasteiger partial charge in [-0.15, -0.1) is 0 Å². The van der Waals surface area contributed by atoms with Gasteiger partial charge in [-0.1, -0.05) is 36.4 Å². The van der Waals surface area contributed by atoms with Crippen molar-refractivity contribution in [1.29, 1.82) is 0 Å². The van der Waals surface area contributed by atoms with Crippen LogP contribution in [0.1, 0.15) is 25.8 Å². The molecule has 0 saturated heterocycles. The van der Waals surface area contributed by atoms with E-state index in [2.05, 4.69) is 11.9 Å². The number of halogens is 1. The van der Waals surface area contributed by atoms with Gasteiger partial charge in [-0.3, -0.25) is 9.59 Å². The van der Waals surface area contributed by atoms with Crippen LogP contribution in [0.3, 0.4) is 0 Å². The van der Waals surface area contributed by atoms with Crippen LogP contribution in [0.4, 0.5) is 0 Å². The fourth-order valence-electron chi connectivity index (χ4n) is 1.64. The smallest absolute Gasteiger partial charge is 0.308 e. The van der Waals surface area contributed by atoms with Crippen molar-refractivity contribution in [2.24, 2.45) is 4.99 Å². The molecule has 0 spiro atoms. The molecule has 0 saturated carbocycles. The number of hydrogen-bond donors (Lipinski definition) is 0. The lowest BCUT2D eigenvalue weighted by Gasteiger charge is -2.04. The Bertz CT molecular complexity index is 671. The molecule has 22 heavy (non-hydrogen) atoms. The molecular formula is C15H14ClNO3S2. The Kier molecular flexibility index (Phi) is 6.11. The summed E-state index contributed by atoms with van der Waals surface area (Å²) in [6, 6.07) is 4.96. The second kappa shape index (κ2) is 7.85. The number of carbonyl (C=O) groups excluding carboxylic acids is 2. The lowest BCUT2D eigenvalue weighted by Crippen LogP contribution is -2.01. The van der Waals surface area contributed by atoms with Crippen LogP contribution in [0.15, 0.2) is 28.9 Å². The molecule has 4 nitrogen and oxygen atoms in total. The van der Waals surface area contributed by atoms with Crippen LogP contribution in [0, 0.1) is 0 Å². The normalized spacial score (nSPS) is 16.0. The van der Waals surface area contributed by atoms with Gasteiger partial charge >= 0.3 is 5.97 Å². The molecule has 0 atom stereocenters. The molecule has 1 heterocycles. The SMILES string of the molecule is CCCSC1=N/C(=C/c2ccc(OC(C)=O)c(Cl)c2)C(=O)S1. The Hall–Kier alpha value is -1.24. The number of rotatable bonds is 4. The van der Waals surface area contributed by atoms with Crippen molar-refractivity contribution in [3.05, 3.63) is 34.5 Å². The van der Waals surface area contributed by atoms with E-state index < -0.39 is 5.97 Å². The average Bonchev–Trinajstić information content (AvgIpc) is 2.79. The number of esters is 1. The van der Waals surface area contributed by atoms with E-state index in [0.717, 1.165) is 33.9 Å². The molecule has 0 bridgehead atoms. The molecular weight excluding hydrogens is 342 g/mol. The molecule has 1 aliphatic rings. The lowest BCUT2D eigenvalue weighted by molar-refractivity contribution is -0.131. The monoisotopic (exact) mass is 355 g/mol. The summed E-state index contributed by atoms with van der Waals surface area (Å²) in [6.07, 6.45) is 2.71. The summed E-state index contributed by atoms with van der Waals surface area (Å²) in [5.74, 6) is 0.804. The zero-order valence-corrected chi connectivity index (χ0v) is 14.5. The van der Waals surface area contributed by atoms with Gasteiger partial charge in [-0.05, 0) is 47.7 Å². The number of benzene rings is 1. The first kappa shape index (κ1) is 17.1. The predicted octanol–water partition coefficient (Wildman–Crippen LogP) is 4.38. The third kappa shape index (κ3) is 4.63. The van der Waals surface area contributed by atoms with E-state index >= 15 is 0 Å². The highest BCUT2D eigenvalue weighted by Crippen LogP contribution is 2.32. The molecule has 2 rings (SSSR count). The zero-order valence-electron chi connectivity index (χ0n) is 12.1. The third-order valence-corrected chi connectivity index (χ3v) is 5.05. The van der Waals surface area contributed by atoms with Gasteiger partial charge in [0.05, 0.1) is 5.02 Å². The van der Waals surface area contributed by atoms with Gasteiger partial charge in [0.15, 0.2) is 0 Å². The van der Waals surface area contributed by atoms with E-state index in [9.17, 15) is 9.59 Å². The highest BCUT2D eigenvalue weighted by Gasteiger charge is 2.22. The van der Waals surface area contributed by atoms with E-state index in [0.29, 0.717) is 16.5 Å². The quantitative estimate of drug-likeness (QED) is 0.455. The van der Waals surface area contributed by atoms with Crippen molar-refractivity contribution in [2.45, 2.75) is 20.3 Å². The number of thioether (sulfide) groups is 2. The molecule has 7 heteroatoms. The molecule has 0 N–H and O–H groups in total. The Morgan fingerprint density at radius 3 is 2.91 bits per heavy atom. The highest BCUT2D eigenvalue weighted by atomic mass is 35.5.